The van der Waals surface area contributed by atoms with Crippen molar-refractivity contribution in [1.82, 2.24) is 20.9 Å². The summed E-state index contributed by atoms with van der Waals surface area (Å²) < 4.78 is 0. The second-order valence-electron chi connectivity index (χ2n) is 8.45. The SMILES string of the molecule is CC(C)(C)NCC(=O)NC(c1ccc(C#N)c2ncccc12)C1CCNCC1. The van der Waals surface area contributed by atoms with E-state index in [1.54, 1.807) is 6.20 Å². The van der Waals surface area contributed by atoms with Crippen LogP contribution < -0.4 is 16.0 Å². The van der Waals surface area contributed by atoms with E-state index in [9.17, 15) is 10.1 Å². The van der Waals surface area contributed by atoms with Crippen LogP contribution in [0.5, 0.6) is 0 Å². The van der Waals surface area contributed by atoms with Gasteiger partial charge in [0.1, 0.15) is 6.07 Å². The number of pyridine rings is 1. The Morgan fingerprint density at radius 1 is 1.32 bits per heavy atom. The largest absolute Gasteiger partial charge is 0.348 e. The molecule has 0 aliphatic carbocycles. The highest BCUT2D eigenvalue weighted by atomic mass is 16.2. The maximum atomic E-state index is 12.7. The Balaban J connectivity index is 1.94. The van der Waals surface area contributed by atoms with Crippen molar-refractivity contribution >= 4 is 16.8 Å². The van der Waals surface area contributed by atoms with Gasteiger partial charge in [-0.3, -0.25) is 9.78 Å². The molecule has 1 aliphatic rings. The lowest BCUT2D eigenvalue weighted by atomic mass is 9.84. The van der Waals surface area contributed by atoms with Crippen LogP contribution in [0.25, 0.3) is 10.9 Å². The number of carbonyl (C=O) groups is 1. The van der Waals surface area contributed by atoms with Gasteiger partial charge in [-0.05, 0) is 70.3 Å². The van der Waals surface area contributed by atoms with E-state index in [-0.39, 0.29) is 24.0 Å². The molecule has 1 aromatic carbocycles. The Bertz CT molecular complexity index is 875. The van der Waals surface area contributed by atoms with E-state index in [1.807, 2.05) is 45.0 Å². The number of amides is 1. The summed E-state index contributed by atoms with van der Waals surface area (Å²) in [5.74, 6) is 0.330. The standard InChI is InChI=1S/C22H29N5O/c1-22(2,3)26-14-19(28)27-21(15-8-11-24-12-9-15)18-7-6-16(13-23)20-17(18)5-4-10-25-20/h4-7,10,15,21,24,26H,8-9,11-12,14H2,1-3H3,(H,27,28). The molecule has 1 saturated heterocycles. The Morgan fingerprint density at radius 2 is 2.07 bits per heavy atom. The van der Waals surface area contributed by atoms with Crippen LogP contribution in [0.2, 0.25) is 0 Å². The first-order valence-electron chi connectivity index (χ1n) is 9.92. The van der Waals surface area contributed by atoms with E-state index in [4.69, 9.17) is 0 Å². The third kappa shape index (κ3) is 4.86. The van der Waals surface area contributed by atoms with Crippen molar-refractivity contribution in [2.24, 2.45) is 5.92 Å². The number of carbonyl (C=O) groups excluding carboxylic acids is 1. The topological polar surface area (TPSA) is 89.8 Å². The van der Waals surface area contributed by atoms with Crippen LogP contribution in [0.4, 0.5) is 0 Å². The summed E-state index contributed by atoms with van der Waals surface area (Å²) >= 11 is 0. The number of hydrogen-bond acceptors (Lipinski definition) is 5. The lowest BCUT2D eigenvalue weighted by molar-refractivity contribution is -0.121. The van der Waals surface area contributed by atoms with Gasteiger partial charge in [0.25, 0.3) is 0 Å². The molecule has 28 heavy (non-hydrogen) atoms. The molecule has 148 valence electrons. The molecule has 1 aromatic heterocycles. The highest BCUT2D eigenvalue weighted by molar-refractivity contribution is 5.88. The molecule has 0 spiro atoms. The van der Waals surface area contributed by atoms with E-state index in [2.05, 4.69) is 27.0 Å². The zero-order valence-electron chi connectivity index (χ0n) is 16.9. The number of nitrogens with zero attached hydrogens (tertiary/aromatic N) is 2. The zero-order valence-corrected chi connectivity index (χ0v) is 16.9. The molecule has 1 aliphatic heterocycles. The van der Waals surface area contributed by atoms with Gasteiger partial charge in [0.05, 0.1) is 23.7 Å². The third-order valence-electron chi connectivity index (χ3n) is 5.21. The maximum Gasteiger partial charge on any atom is 0.234 e. The maximum absolute atomic E-state index is 12.7. The second-order valence-corrected chi connectivity index (χ2v) is 8.45. The van der Waals surface area contributed by atoms with Crippen LogP contribution in [0.1, 0.15) is 50.8 Å². The Morgan fingerprint density at radius 3 is 2.75 bits per heavy atom. The summed E-state index contributed by atoms with van der Waals surface area (Å²) in [6.07, 6.45) is 3.71. The van der Waals surface area contributed by atoms with E-state index in [0.29, 0.717) is 17.0 Å². The first-order chi connectivity index (χ1) is 13.4. The number of hydrogen-bond donors (Lipinski definition) is 3. The quantitative estimate of drug-likeness (QED) is 0.743. The van der Waals surface area contributed by atoms with Gasteiger partial charge in [0, 0.05) is 17.1 Å². The molecule has 2 aromatic rings. The Hall–Kier alpha value is -2.49. The van der Waals surface area contributed by atoms with Crippen molar-refractivity contribution in [1.29, 1.82) is 5.26 Å². The summed E-state index contributed by atoms with van der Waals surface area (Å²) in [5, 5.41) is 20.3. The molecule has 1 atom stereocenters. The average Bonchev–Trinajstić information content (AvgIpc) is 2.70. The molecule has 0 bridgehead atoms. The van der Waals surface area contributed by atoms with Gasteiger partial charge in [0.15, 0.2) is 0 Å². The molecule has 1 amide bonds. The van der Waals surface area contributed by atoms with Crippen molar-refractivity contribution < 1.29 is 4.79 Å². The van der Waals surface area contributed by atoms with Crippen LogP contribution in [0.3, 0.4) is 0 Å². The smallest absolute Gasteiger partial charge is 0.234 e. The fourth-order valence-electron chi connectivity index (χ4n) is 3.75. The van der Waals surface area contributed by atoms with Crippen LogP contribution in [-0.4, -0.2) is 36.1 Å². The molecule has 2 heterocycles. The number of benzene rings is 1. The van der Waals surface area contributed by atoms with E-state index < -0.39 is 0 Å². The number of piperidine rings is 1. The van der Waals surface area contributed by atoms with Crippen LogP contribution in [0, 0.1) is 17.2 Å². The number of nitrogens with one attached hydrogen (secondary N) is 3. The van der Waals surface area contributed by atoms with Crippen molar-refractivity contribution in [2.75, 3.05) is 19.6 Å². The molecule has 1 fully saturated rings. The fourth-order valence-corrected chi connectivity index (χ4v) is 3.75. The van der Waals surface area contributed by atoms with Gasteiger partial charge < -0.3 is 16.0 Å². The Kier molecular flexibility index (Phi) is 6.28. The summed E-state index contributed by atoms with van der Waals surface area (Å²) in [6, 6.07) is 9.80. The molecule has 3 N–H and O–H groups in total. The average molecular weight is 380 g/mol. The van der Waals surface area contributed by atoms with Gasteiger partial charge in [-0.2, -0.15) is 5.26 Å². The molecule has 6 heteroatoms. The highest BCUT2D eigenvalue weighted by Crippen LogP contribution is 2.34. The van der Waals surface area contributed by atoms with Crippen LogP contribution in [-0.2, 0) is 4.79 Å². The van der Waals surface area contributed by atoms with Gasteiger partial charge >= 0.3 is 0 Å². The van der Waals surface area contributed by atoms with E-state index in [1.165, 1.54) is 0 Å². The van der Waals surface area contributed by atoms with Crippen molar-refractivity contribution in [3.63, 3.8) is 0 Å². The summed E-state index contributed by atoms with van der Waals surface area (Å²) in [6.45, 7) is 8.31. The molecule has 0 saturated carbocycles. The molecule has 1 unspecified atom stereocenters. The highest BCUT2D eigenvalue weighted by Gasteiger charge is 2.28. The normalized spacial score (nSPS) is 16.5. The summed E-state index contributed by atoms with van der Waals surface area (Å²) in [4.78, 5) is 17.1. The van der Waals surface area contributed by atoms with Crippen molar-refractivity contribution in [3.8, 4) is 6.07 Å². The van der Waals surface area contributed by atoms with E-state index >= 15 is 0 Å². The monoisotopic (exact) mass is 379 g/mol. The van der Waals surface area contributed by atoms with Gasteiger partial charge in [-0.1, -0.05) is 12.1 Å². The molecule has 6 nitrogen and oxygen atoms in total. The van der Waals surface area contributed by atoms with E-state index in [0.717, 1.165) is 36.9 Å². The second kappa shape index (κ2) is 8.68. The number of nitriles is 1. The zero-order chi connectivity index (χ0) is 20.1. The summed E-state index contributed by atoms with van der Waals surface area (Å²) in [5.41, 5.74) is 2.18. The lowest BCUT2D eigenvalue weighted by Gasteiger charge is -2.33. The van der Waals surface area contributed by atoms with Crippen molar-refractivity contribution in [2.45, 2.75) is 45.2 Å². The Labute approximate surface area is 166 Å². The minimum Gasteiger partial charge on any atom is -0.348 e. The summed E-state index contributed by atoms with van der Waals surface area (Å²) in [7, 11) is 0. The van der Waals surface area contributed by atoms with Crippen LogP contribution in [0.15, 0.2) is 30.5 Å². The number of rotatable bonds is 5. The number of fused-ring (bicyclic) bond motifs is 1. The fraction of sp³-hybridized carbons (Fsp3) is 0.500. The third-order valence-corrected chi connectivity index (χ3v) is 5.21. The predicted molar refractivity (Wildman–Crippen MR) is 111 cm³/mol. The minimum atomic E-state index is -0.118. The lowest BCUT2D eigenvalue weighted by Crippen LogP contribution is -2.46. The van der Waals surface area contributed by atoms with Crippen LogP contribution >= 0.6 is 0 Å². The first kappa shape index (κ1) is 20.2. The molecule has 0 radical (unpaired) electrons. The van der Waals surface area contributed by atoms with Gasteiger partial charge in [-0.25, -0.2) is 0 Å². The minimum absolute atomic E-state index is 0.0140. The molecule has 3 rings (SSSR count). The van der Waals surface area contributed by atoms with Crippen molar-refractivity contribution in [3.05, 3.63) is 41.6 Å². The molecular weight excluding hydrogens is 350 g/mol. The predicted octanol–water partition coefficient (Wildman–Crippen LogP) is 2.65. The van der Waals surface area contributed by atoms with Gasteiger partial charge in [0.2, 0.25) is 5.91 Å². The first-order valence-corrected chi connectivity index (χ1v) is 9.92. The number of aromatic nitrogens is 1. The molecular formula is C22H29N5O. The van der Waals surface area contributed by atoms with Gasteiger partial charge in [-0.15, -0.1) is 0 Å².